The van der Waals surface area contributed by atoms with Crippen molar-refractivity contribution in [2.45, 2.75) is 62.9 Å². The number of para-hydroxylation sites is 1. The summed E-state index contributed by atoms with van der Waals surface area (Å²) in [4.78, 5) is 17.2. The van der Waals surface area contributed by atoms with Gasteiger partial charge >= 0.3 is 0 Å². The molecule has 1 aliphatic rings. The topological polar surface area (TPSA) is 46.9 Å². The average Bonchev–Trinajstić information content (AvgIpc) is 3.17. The number of hydrogen-bond donors (Lipinski definition) is 1. The number of amides is 1. The minimum absolute atomic E-state index is 0.0162. The van der Waals surface area contributed by atoms with E-state index < -0.39 is 0 Å². The van der Waals surface area contributed by atoms with Crippen molar-refractivity contribution >= 4 is 23.4 Å². The lowest BCUT2D eigenvalue weighted by Gasteiger charge is -2.18. The van der Waals surface area contributed by atoms with Crippen LogP contribution >= 0.6 is 11.8 Å². The smallest absolute Gasteiger partial charge is 0.237 e. The minimum Gasteiger partial charge on any atom is -0.325 e. The first kappa shape index (κ1) is 17.1. The number of nitrogens with zero attached hydrogens (tertiary/aromatic N) is 2. The van der Waals surface area contributed by atoms with Gasteiger partial charge in [0, 0.05) is 17.4 Å². The Hall–Kier alpha value is -1.75. The molecule has 0 spiro atoms. The molecule has 0 aliphatic heterocycles. The van der Waals surface area contributed by atoms with Crippen LogP contribution < -0.4 is 5.32 Å². The molecule has 0 radical (unpaired) electrons. The highest BCUT2D eigenvalue weighted by molar-refractivity contribution is 8.00. The lowest BCUT2D eigenvalue weighted by molar-refractivity contribution is -0.115. The molecule has 1 aromatic carbocycles. The lowest BCUT2D eigenvalue weighted by atomic mass is 10.2. The van der Waals surface area contributed by atoms with Gasteiger partial charge in [0.05, 0.1) is 10.9 Å². The van der Waals surface area contributed by atoms with Crippen LogP contribution in [-0.4, -0.2) is 20.7 Å². The Balaban J connectivity index is 1.73. The number of imidazole rings is 1. The Bertz CT molecular complexity index is 705. The first-order chi connectivity index (χ1) is 11.6. The Morgan fingerprint density at radius 3 is 2.58 bits per heavy atom. The zero-order valence-electron chi connectivity index (χ0n) is 14.6. The van der Waals surface area contributed by atoms with Gasteiger partial charge in [-0.25, -0.2) is 4.98 Å². The summed E-state index contributed by atoms with van der Waals surface area (Å²) in [6.45, 7) is 6.14. The van der Waals surface area contributed by atoms with Gasteiger partial charge in [-0.3, -0.25) is 4.79 Å². The lowest BCUT2D eigenvalue weighted by Crippen LogP contribution is -2.23. The van der Waals surface area contributed by atoms with Gasteiger partial charge < -0.3 is 9.88 Å². The summed E-state index contributed by atoms with van der Waals surface area (Å²) >= 11 is 1.56. The Morgan fingerprint density at radius 1 is 1.25 bits per heavy atom. The Morgan fingerprint density at radius 2 is 1.92 bits per heavy atom. The van der Waals surface area contributed by atoms with Crippen molar-refractivity contribution in [2.75, 3.05) is 5.32 Å². The maximum atomic E-state index is 12.5. The van der Waals surface area contributed by atoms with E-state index in [-0.39, 0.29) is 11.2 Å². The van der Waals surface area contributed by atoms with Crippen molar-refractivity contribution in [2.24, 2.45) is 0 Å². The molecule has 0 saturated heterocycles. The average molecular weight is 343 g/mol. The molecule has 1 aliphatic carbocycles. The van der Waals surface area contributed by atoms with Crippen LogP contribution in [0, 0.1) is 13.8 Å². The molecule has 128 valence electrons. The molecule has 1 heterocycles. The molecule has 1 saturated carbocycles. The predicted molar refractivity (Wildman–Crippen MR) is 99.6 cm³/mol. The monoisotopic (exact) mass is 343 g/mol. The fourth-order valence-corrected chi connectivity index (χ4v) is 4.32. The molecule has 4 nitrogen and oxygen atoms in total. The van der Waals surface area contributed by atoms with Gasteiger partial charge in [0.15, 0.2) is 5.16 Å². The van der Waals surface area contributed by atoms with Crippen LogP contribution in [0.15, 0.2) is 35.5 Å². The number of aryl methyl sites for hydroxylation is 1. The van der Waals surface area contributed by atoms with E-state index in [0.717, 1.165) is 16.5 Å². The number of carbonyl (C=O) groups is 1. The van der Waals surface area contributed by atoms with Crippen LogP contribution in [0.5, 0.6) is 0 Å². The van der Waals surface area contributed by atoms with E-state index in [9.17, 15) is 4.79 Å². The van der Waals surface area contributed by atoms with Crippen molar-refractivity contribution in [3.8, 4) is 0 Å². The number of aromatic nitrogens is 2. The van der Waals surface area contributed by atoms with Gasteiger partial charge in [-0.05, 0) is 45.7 Å². The quantitative estimate of drug-likeness (QED) is 0.798. The Kier molecular flexibility index (Phi) is 5.29. The fraction of sp³-hybridized carbons (Fsp3) is 0.474. The molecule has 1 amide bonds. The van der Waals surface area contributed by atoms with Crippen LogP contribution in [0.25, 0.3) is 0 Å². The summed E-state index contributed by atoms with van der Waals surface area (Å²) in [6.07, 6.45) is 5.01. The predicted octanol–water partition coefficient (Wildman–Crippen LogP) is 4.73. The number of thioether (sulfide) groups is 1. The second-order valence-electron chi connectivity index (χ2n) is 6.49. The summed E-state index contributed by atoms with van der Waals surface area (Å²) < 4.78 is 2.36. The van der Waals surface area contributed by atoms with E-state index in [1.54, 1.807) is 11.8 Å². The highest BCUT2D eigenvalue weighted by atomic mass is 32.2. The maximum absolute atomic E-state index is 12.5. The van der Waals surface area contributed by atoms with Crippen LogP contribution in [-0.2, 0) is 4.79 Å². The molecular formula is C19H25N3OS. The fourth-order valence-electron chi connectivity index (χ4n) is 3.25. The summed E-state index contributed by atoms with van der Waals surface area (Å²) in [6, 6.07) is 10.1. The van der Waals surface area contributed by atoms with Crippen molar-refractivity contribution in [3.63, 3.8) is 0 Å². The summed E-state index contributed by atoms with van der Waals surface area (Å²) in [5, 5.41) is 3.77. The number of benzene rings is 1. The minimum atomic E-state index is -0.188. The first-order valence-electron chi connectivity index (χ1n) is 8.64. The summed E-state index contributed by atoms with van der Waals surface area (Å²) in [7, 11) is 0. The van der Waals surface area contributed by atoms with Gasteiger partial charge in [-0.2, -0.15) is 0 Å². The first-order valence-corrected chi connectivity index (χ1v) is 9.52. The number of anilines is 1. The normalized spacial score (nSPS) is 16.3. The van der Waals surface area contributed by atoms with Gasteiger partial charge in [0.25, 0.3) is 0 Å². The van der Waals surface area contributed by atoms with Crippen molar-refractivity contribution in [3.05, 3.63) is 41.7 Å². The number of carbonyl (C=O) groups excluding carboxylic acids is 1. The standard InChI is InChI=1S/C19H25N3OS/c1-13-14(2)22(17-11-7-8-12-17)19(20-13)24-15(3)18(23)21-16-9-5-4-6-10-16/h4-6,9-10,15,17H,7-8,11-12H2,1-3H3,(H,21,23)/t15-/m1/s1. The van der Waals surface area contributed by atoms with Crippen LogP contribution in [0.2, 0.25) is 0 Å². The van der Waals surface area contributed by atoms with Crippen molar-refractivity contribution < 1.29 is 4.79 Å². The zero-order valence-corrected chi connectivity index (χ0v) is 15.4. The molecule has 2 aromatic rings. The second kappa shape index (κ2) is 7.43. The summed E-state index contributed by atoms with van der Waals surface area (Å²) in [5.74, 6) is 0.0162. The molecule has 1 fully saturated rings. The third-order valence-corrected chi connectivity index (χ3v) is 5.80. The van der Waals surface area contributed by atoms with E-state index in [0.29, 0.717) is 6.04 Å². The maximum Gasteiger partial charge on any atom is 0.237 e. The van der Waals surface area contributed by atoms with E-state index in [1.165, 1.54) is 31.4 Å². The van der Waals surface area contributed by atoms with Gasteiger partial charge in [0.1, 0.15) is 0 Å². The van der Waals surface area contributed by atoms with Gasteiger partial charge in [-0.15, -0.1) is 0 Å². The molecule has 5 heteroatoms. The molecule has 1 N–H and O–H groups in total. The van der Waals surface area contributed by atoms with E-state index in [2.05, 4.69) is 23.7 Å². The molecule has 1 aromatic heterocycles. The largest absolute Gasteiger partial charge is 0.325 e. The van der Waals surface area contributed by atoms with E-state index in [4.69, 9.17) is 4.98 Å². The van der Waals surface area contributed by atoms with Crippen LogP contribution in [0.1, 0.15) is 50.0 Å². The number of rotatable bonds is 5. The SMILES string of the molecule is Cc1nc(S[C@H](C)C(=O)Nc2ccccc2)n(C2CCCC2)c1C. The van der Waals surface area contributed by atoms with Crippen LogP contribution in [0.4, 0.5) is 5.69 Å². The molecule has 3 rings (SSSR count). The summed E-state index contributed by atoms with van der Waals surface area (Å²) in [5.41, 5.74) is 3.14. The second-order valence-corrected chi connectivity index (χ2v) is 7.80. The van der Waals surface area contributed by atoms with Gasteiger partial charge in [-0.1, -0.05) is 42.8 Å². The highest BCUT2D eigenvalue weighted by Crippen LogP contribution is 2.36. The number of hydrogen-bond acceptors (Lipinski definition) is 3. The zero-order chi connectivity index (χ0) is 17.1. The van der Waals surface area contributed by atoms with Crippen molar-refractivity contribution in [1.29, 1.82) is 0 Å². The molecule has 0 unspecified atom stereocenters. The highest BCUT2D eigenvalue weighted by Gasteiger charge is 2.25. The van der Waals surface area contributed by atoms with Gasteiger partial charge in [0.2, 0.25) is 5.91 Å². The third kappa shape index (κ3) is 3.66. The number of nitrogens with one attached hydrogen (secondary N) is 1. The van der Waals surface area contributed by atoms with Crippen molar-refractivity contribution in [1.82, 2.24) is 9.55 Å². The Labute approximate surface area is 148 Å². The molecule has 0 bridgehead atoms. The third-order valence-electron chi connectivity index (χ3n) is 4.74. The van der Waals surface area contributed by atoms with E-state index >= 15 is 0 Å². The molecule has 24 heavy (non-hydrogen) atoms. The van der Waals surface area contributed by atoms with E-state index in [1.807, 2.05) is 37.3 Å². The van der Waals surface area contributed by atoms with Crippen LogP contribution in [0.3, 0.4) is 0 Å². The molecule has 1 atom stereocenters. The molecular weight excluding hydrogens is 318 g/mol.